The van der Waals surface area contributed by atoms with Crippen molar-refractivity contribution in [3.05, 3.63) is 65.2 Å². The van der Waals surface area contributed by atoms with Crippen LogP contribution in [0.4, 0.5) is 4.79 Å². The number of fused-ring (bicyclic) bond motifs is 1. The van der Waals surface area contributed by atoms with Crippen molar-refractivity contribution in [2.24, 2.45) is 0 Å². The number of piperidine rings is 1. The zero-order chi connectivity index (χ0) is 24.1. The van der Waals surface area contributed by atoms with E-state index in [0.717, 1.165) is 30.0 Å². The predicted molar refractivity (Wildman–Crippen MR) is 129 cm³/mol. The number of amides is 3. The van der Waals surface area contributed by atoms with Crippen molar-refractivity contribution >= 4 is 11.9 Å². The van der Waals surface area contributed by atoms with E-state index < -0.39 is 22.6 Å². The number of urea groups is 1. The van der Waals surface area contributed by atoms with Gasteiger partial charge >= 0.3 is 6.03 Å². The number of imide groups is 1. The van der Waals surface area contributed by atoms with Gasteiger partial charge in [-0.05, 0) is 74.9 Å². The molecular weight excluding hydrogens is 430 g/mol. The van der Waals surface area contributed by atoms with Crippen LogP contribution in [0.2, 0.25) is 0 Å². The van der Waals surface area contributed by atoms with Crippen LogP contribution in [0.3, 0.4) is 0 Å². The largest absolute Gasteiger partial charge is 0.497 e. The van der Waals surface area contributed by atoms with E-state index in [0.29, 0.717) is 25.7 Å². The van der Waals surface area contributed by atoms with Crippen LogP contribution in [0, 0.1) is 6.92 Å². The molecule has 3 aliphatic rings. The van der Waals surface area contributed by atoms with Gasteiger partial charge in [0.05, 0.1) is 12.7 Å². The van der Waals surface area contributed by atoms with Gasteiger partial charge in [0.25, 0.3) is 5.91 Å². The quantitative estimate of drug-likeness (QED) is 0.607. The van der Waals surface area contributed by atoms with Gasteiger partial charge in [0.1, 0.15) is 11.3 Å². The van der Waals surface area contributed by atoms with Gasteiger partial charge in [-0.2, -0.15) is 0 Å². The maximum atomic E-state index is 13.0. The third kappa shape index (κ3) is 3.33. The Morgan fingerprint density at radius 1 is 1.12 bits per heavy atom. The van der Waals surface area contributed by atoms with E-state index in [9.17, 15) is 14.7 Å². The van der Waals surface area contributed by atoms with E-state index in [1.165, 1.54) is 5.56 Å². The molecule has 180 valence electrons. The second kappa shape index (κ2) is 8.10. The normalized spacial score (nSPS) is 33.4. The molecule has 1 saturated carbocycles. The Kier molecular flexibility index (Phi) is 5.45. The highest BCUT2D eigenvalue weighted by molar-refractivity contribution is 6.07. The maximum absolute atomic E-state index is 13.0. The molecule has 0 aromatic heterocycles. The topological polar surface area (TPSA) is 90.9 Å². The Morgan fingerprint density at radius 2 is 1.88 bits per heavy atom. The number of nitrogens with one attached hydrogen (secondary N) is 2. The first-order chi connectivity index (χ1) is 16.2. The number of carbonyl (C=O) groups excluding carboxylic acids is 2. The summed E-state index contributed by atoms with van der Waals surface area (Å²) >= 11 is 0. The minimum absolute atomic E-state index is 0.149. The van der Waals surface area contributed by atoms with Crippen LogP contribution < -0.4 is 15.4 Å². The van der Waals surface area contributed by atoms with E-state index >= 15 is 0 Å². The average Bonchev–Trinajstić information content (AvgIpc) is 3.10. The molecule has 3 amide bonds. The maximum Gasteiger partial charge on any atom is 0.322 e. The number of nitrogens with zero attached hydrogens (tertiary/aromatic N) is 1. The van der Waals surface area contributed by atoms with Crippen molar-refractivity contribution in [3.63, 3.8) is 0 Å². The lowest BCUT2D eigenvalue weighted by Gasteiger charge is -2.62. The van der Waals surface area contributed by atoms with Crippen LogP contribution in [0.25, 0.3) is 0 Å². The third-order valence-electron chi connectivity index (χ3n) is 8.63. The highest BCUT2D eigenvalue weighted by Gasteiger charge is 2.67. The number of ether oxygens (including phenoxy) is 1. The van der Waals surface area contributed by atoms with Gasteiger partial charge in [0.2, 0.25) is 0 Å². The monoisotopic (exact) mass is 463 g/mol. The Hall–Kier alpha value is -2.90. The molecule has 1 aliphatic carbocycles. The Balaban J connectivity index is 1.60. The van der Waals surface area contributed by atoms with Gasteiger partial charge in [0, 0.05) is 18.0 Å². The molecule has 3 N–H and O–H groups in total. The fourth-order valence-corrected chi connectivity index (χ4v) is 6.71. The summed E-state index contributed by atoms with van der Waals surface area (Å²) in [6, 6.07) is 15.6. The van der Waals surface area contributed by atoms with Crippen LogP contribution in [0.5, 0.6) is 5.75 Å². The fourth-order valence-electron chi connectivity index (χ4n) is 6.71. The molecule has 1 unspecified atom stereocenters. The van der Waals surface area contributed by atoms with Crippen LogP contribution >= 0.6 is 0 Å². The van der Waals surface area contributed by atoms with Crippen molar-refractivity contribution in [3.8, 4) is 5.75 Å². The molecule has 2 heterocycles. The number of benzene rings is 2. The number of aryl methyl sites for hydroxylation is 1. The first-order valence-corrected chi connectivity index (χ1v) is 12.0. The number of rotatable bonds is 4. The predicted octanol–water partition coefficient (Wildman–Crippen LogP) is 3.03. The highest BCUT2D eigenvalue weighted by atomic mass is 16.5. The summed E-state index contributed by atoms with van der Waals surface area (Å²) in [5.41, 5.74) is 0.428. The van der Waals surface area contributed by atoms with E-state index in [1.54, 1.807) is 7.11 Å². The van der Waals surface area contributed by atoms with E-state index in [-0.39, 0.29) is 11.9 Å². The fraction of sp³-hybridized carbons (Fsp3) is 0.481. The van der Waals surface area contributed by atoms with Crippen LogP contribution in [-0.2, 0) is 16.8 Å². The van der Waals surface area contributed by atoms with Crippen molar-refractivity contribution in [1.29, 1.82) is 0 Å². The van der Waals surface area contributed by atoms with E-state index in [2.05, 4.69) is 34.6 Å². The van der Waals surface area contributed by atoms with Crippen molar-refractivity contribution in [1.82, 2.24) is 15.5 Å². The van der Waals surface area contributed by atoms with E-state index in [1.807, 2.05) is 43.3 Å². The van der Waals surface area contributed by atoms with Gasteiger partial charge in [-0.25, -0.2) is 4.79 Å². The molecule has 7 nitrogen and oxygen atoms in total. The number of carbonyl (C=O) groups is 2. The molecule has 34 heavy (non-hydrogen) atoms. The first-order valence-electron chi connectivity index (χ1n) is 12.0. The zero-order valence-corrected chi connectivity index (χ0v) is 20.1. The summed E-state index contributed by atoms with van der Waals surface area (Å²) in [4.78, 5) is 27.5. The van der Waals surface area contributed by atoms with Gasteiger partial charge in [-0.1, -0.05) is 36.4 Å². The smallest absolute Gasteiger partial charge is 0.322 e. The molecule has 2 aromatic carbocycles. The molecule has 1 spiro atoms. The van der Waals surface area contributed by atoms with Crippen molar-refractivity contribution < 1.29 is 19.4 Å². The molecule has 0 radical (unpaired) electrons. The van der Waals surface area contributed by atoms with Crippen molar-refractivity contribution in [2.45, 2.75) is 68.7 Å². The minimum Gasteiger partial charge on any atom is -0.497 e. The second-order valence-corrected chi connectivity index (χ2v) is 10.2. The Labute approximate surface area is 200 Å². The average molecular weight is 464 g/mol. The molecule has 2 aliphatic heterocycles. The molecule has 7 heteroatoms. The molecule has 5 rings (SSSR count). The number of methoxy groups -OCH3 is 1. The Morgan fingerprint density at radius 3 is 2.56 bits per heavy atom. The summed E-state index contributed by atoms with van der Waals surface area (Å²) in [6.07, 6.45) is 1.82. The second-order valence-electron chi connectivity index (χ2n) is 10.2. The summed E-state index contributed by atoms with van der Waals surface area (Å²) in [6.45, 7) is 5.65. The zero-order valence-electron chi connectivity index (χ0n) is 20.1. The number of likely N-dealkylation sites (tertiary alicyclic amines) is 1. The van der Waals surface area contributed by atoms with Gasteiger partial charge < -0.3 is 15.2 Å². The lowest BCUT2D eigenvalue weighted by Crippen LogP contribution is -2.73. The standard InChI is InChI=1S/C27H33N3O4/c1-18-9-10-21(34-3)15-22(18)25-13-14-30(16-20-7-5-4-6-8-20)19(2)27(25,33)12-11-26(17-25)23(31)28-24(32)29-26/h4-10,15,19,33H,11-14,16-17H2,1-3H3,(H2,28,29,31,32)/t19?,25-,26+,27-/m1/s1. The van der Waals surface area contributed by atoms with Crippen LogP contribution in [-0.4, -0.2) is 52.8 Å². The first kappa shape index (κ1) is 22.9. The molecule has 3 fully saturated rings. The number of hydrogen-bond acceptors (Lipinski definition) is 5. The van der Waals surface area contributed by atoms with Gasteiger partial charge in [0.15, 0.2) is 0 Å². The molecule has 2 aromatic rings. The minimum atomic E-state index is -1.09. The summed E-state index contributed by atoms with van der Waals surface area (Å²) in [5.74, 6) is 0.426. The SMILES string of the molecule is COc1ccc(C)c([C@]23CCN(Cc4ccccc4)C(C)[C@]2(O)CC[C@@]2(C3)NC(=O)NC2=O)c1. The molecule has 0 bridgehead atoms. The van der Waals surface area contributed by atoms with Crippen LogP contribution in [0.1, 0.15) is 49.3 Å². The summed E-state index contributed by atoms with van der Waals surface area (Å²) < 4.78 is 5.55. The van der Waals surface area contributed by atoms with Crippen molar-refractivity contribution in [2.75, 3.05) is 13.7 Å². The summed E-state index contributed by atoms with van der Waals surface area (Å²) in [5, 5.41) is 17.9. The Bertz CT molecular complexity index is 1120. The van der Waals surface area contributed by atoms with Crippen LogP contribution in [0.15, 0.2) is 48.5 Å². The molecule has 2 saturated heterocycles. The summed E-state index contributed by atoms with van der Waals surface area (Å²) in [7, 11) is 1.64. The molecule has 4 atom stereocenters. The third-order valence-corrected chi connectivity index (χ3v) is 8.63. The number of aliphatic hydroxyl groups is 1. The molecular formula is C27H33N3O4. The highest BCUT2D eigenvalue weighted by Crippen LogP contribution is 2.58. The number of hydrogen-bond donors (Lipinski definition) is 3. The van der Waals surface area contributed by atoms with Gasteiger partial charge in [-0.3, -0.25) is 15.0 Å². The van der Waals surface area contributed by atoms with Gasteiger partial charge in [-0.15, -0.1) is 0 Å². The lowest BCUT2D eigenvalue weighted by atomic mass is 9.49. The lowest BCUT2D eigenvalue weighted by molar-refractivity contribution is -0.172. The van der Waals surface area contributed by atoms with E-state index in [4.69, 9.17) is 4.74 Å².